The van der Waals surface area contributed by atoms with Crippen molar-refractivity contribution >= 4 is 32.6 Å². The van der Waals surface area contributed by atoms with Crippen LogP contribution >= 0.6 is 11.3 Å². The second-order valence-electron chi connectivity index (χ2n) is 6.28. The maximum atomic E-state index is 12.5. The van der Waals surface area contributed by atoms with E-state index in [0.717, 1.165) is 41.2 Å². The number of thiazole rings is 1. The topological polar surface area (TPSA) is 69.7 Å². The molecule has 1 aliphatic heterocycles. The molecule has 1 saturated heterocycles. The number of fused-ring (bicyclic) bond motifs is 1. The van der Waals surface area contributed by atoms with E-state index in [1.54, 1.807) is 31.4 Å². The zero-order valence-electron chi connectivity index (χ0n) is 14.9. The van der Waals surface area contributed by atoms with E-state index < -0.39 is 0 Å². The van der Waals surface area contributed by atoms with Crippen LogP contribution in [0.3, 0.4) is 0 Å². The summed E-state index contributed by atoms with van der Waals surface area (Å²) in [4.78, 5) is 16.9. The summed E-state index contributed by atoms with van der Waals surface area (Å²) in [5.41, 5.74) is 1.38. The van der Waals surface area contributed by atoms with Gasteiger partial charge in [-0.05, 0) is 55.3 Å². The number of hydrogen-bond donors (Lipinski definition) is 1. The van der Waals surface area contributed by atoms with E-state index in [0.29, 0.717) is 17.3 Å². The van der Waals surface area contributed by atoms with Gasteiger partial charge >= 0.3 is 0 Å². The predicted octanol–water partition coefficient (Wildman–Crippen LogP) is 4.12. The van der Waals surface area contributed by atoms with Gasteiger partial charge in [0.15, 0.2) is 5.13 Å². The van der Waals surface area contributed by atoms with Crippen LogP contribution in [0.15, 0.2) is 42.5 Å². The van der Waals surface area contributed by atoms with Gasteiger partial charge in [-0.2, -0.15) is 0 Å². The first-order valence-electron chi connectivity index (χ1n) is 8.82. The molecule has 0 unspecified atom stereocenters. The SMILES string of the molecule is COc1ccc2nc(NC(=O)c3ccc(OC[C@H]4CCCO4)cc3)sc2c1. The molecular formula is C20H20N2O4S. The molecule has 1 atom stereocenters. The first-order valence-corrected chi connectivity index (χ1v) is 9.63. The Morgan fingerprint density at radius 1 is 1.26 bits per heavy atom. The summed E-state index contributed by atoms with van der Waals surface area (Å²) in [6.45, 7) is 1.35. The Hall–Kier alpha value is -2.64. The Labute approximate surface area is 161 Å². The van der Waals surface area contributed by atoms with Crippen molar-refractivity contribution in [1.29, 1.82) is 0 Å². The van der Waals surface area contributed by atoms with Crippen LogP contribution in [0, 0.1) is 0 Å². The van der Waals surface area contributed by atoms with Crippen molar-refractivity contribution < 1.29 is 19.0 Å². The highest BCUT2D eigenvalue weighted by molar-refractivity contribution is 7.22. The summed E-state index contributed by atoms with van der Waals surface area (Å²) >= 11 is 1.41. The number of benzene rings is 2. The molecule has 140 valence electrons. The van der Waals surface area contributed by atoms with E-state index in [1.165, 1.54) is 11.3 Å². The van der Waals surface area contributed by atoms with E-state index in [-0.39, 0.29) is 12.0 Å². The zero-order valence-corrected chi connectivity index (χ0v) is 15.8. The molecule has 2 heterocycles. The van der Waals surface area contributed by atoms with Gasteiger partial charge in [0.1, 0.15) is 18.1 Å². The number of aromatic nitrogens is 1. The first kappa shape index (κ1) is 17.8. The Kier molecular flexibility index (Phi) is 5.22. The van der Waals surface area contributed by atoms with Crippen LogP contribution in [-0.2, 0) is 4.74 Å². The average molecular weight is 384 g/mol. The monoisotopic (exact) mass is 384 g/mol. The molecule has 0 aliphatic carbocycles. The molecule has 3 aromatic rings. The standard InChI is InChI=1S/C20H20N2O4S/c1-24-15-8-9-17-18(11-15)27-20(21-17)22-19(23)13-4-6-14(7-5-13)26-12-16-3-2-10-25-16/h4-9,11,16H,2-3,10,12H2,1H3,(H,21,22,23)/t16-/m1/s1. The number of amides is 1. The molecule has 2 aromatic carbocycles. The van der Waals surface area contributed by atoms with Gasteiger partial charge in [0.25, 0.3) is 5.91 Å². The fourth-order valence-corrected chi connectivity index (χ4v) is 3.81. The molecule has 0 saturated carbocycles. The van der Waals surface area contributed by atoms with Crippen LogP contribution in [0.2, 0.25) is 0 Å². The molecule has 1 N–H and O–H groups in total. The van der Waals surface area contributed by atoms with Crippen molar-refractivity contribution in [2.75, 3.05) is 25.6 Å². The maximum absolute atomic E-state index is 12.5. The van der Waals surface area contributed by atoms with E-state index in [2.05, 4.69) is 10.3 Å². The number of nitrogens with one attached hydrogen (secondary N) is 1. The molecule has 1 aromatic heterocycles. The zero-order chi connectivity index (χ0) is 18.6. The van der Waals surface area contributed by atoms with Crippen molar-refractivity contribution in [2.45, 2.75) is 18.9 Å². The summed E-state index contributed by atoms with van der Waals surface area (Å²) in [6.07, 6.45) is 2.30. The minimum absolute atomic E-state index is 0.172. The van der Waals surface area contributed by atoms with Gasteiger partial charge in [0.2, 0.25) is 0 Å². The molecular weight excluding hydrogens is 364 g/mol. The molecule has 4 rings (SSSR count). The summed E-state index contributed by atoms with van der Waals surface area (Å²) < 4.78 is 17.4. The van der Waals surface area contributed by atoms with Gasteiger partial charge in [-0.3, -0.25) is 10.1 Å². The van der Waals surface area contributed by atoms with Crippen LogP contribution < -0.4 is 14.8 Å². The summed E-state index contributed by atoms with van der Waals surface area (Å²) in [5, 5.41) is 3.41. The Morgan fingerprint density at radius 2 is 2.07 bits per heavy atom. The van der Waals surface area contributed by atoms with Crippen molar-refractivity contribution in [3.8, 4) is 11.5 Å². The van der Waals surface area contributed by atoms with E-state index in [1.807, 2.05) is 18.2 Å². The number of carbonyl (C=O) groups is 1. The van der Waals surface area contributed by atoms with Crippen LogP contribution in [0.25, 0.3) is 10.2 Å². The average Bonchev–Trinajstić information content (AvgIpc) is 3.35. The smallest absolute Gasteiger partial charge is 0.257 e. The van der Waals surface area contributed by atoms with Crippen molar-refractivity contribution in [3.63, 3.8) is 0 Å². The van der Waals surface area contributed by atoms with Gasteiger partial charge in [0.05, 0.1) is 23.4 Å². The van der Waals surface area contributed by atoms with Crippen LogP contribution in [0.4, 0.5) is 5.13 Å². The fourth-order valence-electron chi connectivity index (χ4n) is 2.92. The maximum Gasteiger partial charge on any atom is 0.257 e. The van der Waals surface area contributed by atoms with E-state index >= 15 is 0 Å². The fraction of sp³-hybridized carbons (Fsp3) is 0.300. The molecule has 1 aliphatic rings. The molecule has 0 radical (unpaired) electrons. The quantitative estimate of drug-likeness (QED) is 0.692. The van der Waals surface area contributed by atoms with Gasteiger partial charge < -0.3 is 14.2 Å². The lowest BCUT2D eigenvalue weighted by atomic mass is 10.2. The Balaban J connectivity index is 1.38. The van der Waals surface area contributed by atoms with Crippen molar-refractivity contribution in [2.24, 2.45) is 0 Å². The number of ether oxygens (including phenoxy) is 3. The Bertz CT molecular complexity index is 933. The number of carbonyl (C=O) groups excluding carboxylic acids is 1. The Morgan fingerprint density at radius 3 is 2.81 bits per heavy atom. The molecule has 6 nitrogen and oxygen atoms in total. The third-order valence-electron chi connectivity index (χ3n) is 4.39. The molecule has 0 bridgehead atoms. The summed E-state index contributed by atoms with van der Waals surface area (Å²) in [5.74, 6) is 1.29. The summed E-state index contributed by atoms with van der Waals surface area (Å²) in [7, 11) is 1.62. The lowest BCUT2D eigenvalue weighted by Gasteiger charge is -2.11. The lowest BCUT2D eigenvalue weighted by Crippen LogP contribution is -2.16. The lowest BCUT2D eigenvalue weighted by molar-refractivity contribution is 0.0679. The van der Waals surface area contributed by atoms with E-state index in [9.17, 15) is 4.79 Å². The highest BCUT2D eigenvalue weighted by Crippen LogP contribution is 2.29. The molecule has 1 amide bonds. The highest BCUT2D eigenvalue weighted by Gasteiger charge is 2.16. The number of hydrogen-bond acceptors (Lipinski definition) is 6. The normalized spacial score (nSPS) is 16.4. The number of methoxy groups -OCH3 is 1. The van der Waals surface area contributed by atoms with Crippen LogP contribution in [-0.4, -0.2) is 37.3 Å². The largest absolute Gasteiger partial charge is 0.497 e. The van der Waals surface area contributed by atoms with Gasteiger partial charge in [-0.15, -0.1) is 0 Å². The minimum Gasteiger partial charge on any atom is -0.497 e. The van der Waals surface area contributed by atoms with Crippen molar-refractivity contribution in [1.82, 2.24) is 4.98 Å². The predicted molar refractivity (Wildman–Crippen MR) is 105 cm³/mol. The molecule has 27 heavy (non-hydrogen) atoms. The highest BCUT2D eigenvalue weighted by atomic mass is 32.1. The van der Waals surface area contributed by atoms with Gasteiger partial charge in [-0.25, -0.2) is 4.98 Å². The number of rotatable bonds is 6. The number of anilines is 1. The minimum atomic E-state index is -0.202. The molecule has 7 heteroatoms. The first-order chi connectivity index (χ1) is 13.2. The van der Waals surface area contributed by atoms with Gasteiger partial charge in [0, 0.05) is 12.2 Å². The van der Waals surface area contributed by atoms with Gasteiger partial charge in [-0.1, -0.05) is 11.3 Å². The summed E-state index contributed by atoms with van der Waals surface area (Å²) in [6, 6.07) is 12.7. The third kappa shape index (κ3) is 4.20. The van der Waals surface area contributed by atoms with E-state index in [4.69, 9.17) is 14.2 Å². The van der Waals surface area contributed by atoms with Crippen molar-refractivity contribution in [3.05, 3.63) is 48.0 Å². The van der Waals surface area contributed by atoms with Crippen LogP contribution in [0.1, 0.15) is 23.2 Å². The second kappa shape index (κ2) is 7.94. The number of nitrogens with zero attached hydrogens (tertiary/aromatic N) is 1. The van der Waals surface area contributed by atoms with Crippen LogP contribution in [0.5, 0.6) is 11.5 Å². The second-order valence-corrected chi connectivity index (χ2v) is 7.31. The molecule has 1 fully saturated rings. The molecule has 0 spiro atoms. The third-order valence-corrected chi connectivity index (χ3v) is 5.33.